The molecule has 4 rings (SSSR count). The van der Waals surface area contributed by atoms with E-state index >= 15 is 0 Å². The Kier molecular flexibility index (Phi) is 6.43. The topological polar surface area (TPSA) is 15.7 Å². The van der Waals surface area contributed by atoms with Crippen molar-refractivity contribution < 1.29 is 4.74 Å². The first kappa shape index (κ1) is 19.0. The van der Waals surface area contributed by atoms with E-state index in [1.54, 1.807) is 6.07 Å². The zero-order valence-electron chi connectivity index (χ0n) is 15.5. The Balaban J connectivity index is 1.10. The highest BCUT2D eigenvalue weighted by Gasteiger charge is 2.55. The monoisotopic (exact) mass is 396 g/mol. The molecule has 26 heavy (non-hydrogen) atoms. The fourth-order valence-electron chi connectivity index (χ4n) is 4.87. The van der Waals surface area contributed by atoms with Crippen LogP contribution in [-0.4, -0.2) is 55.7 Å². The number of rotatable bonds is 8. The Labute approximate surface area is 167 Å². The summed E-state index contributed by atoms with van der Waals surface area (Å²) >= 11 is 12.2. The molecule has 0 radical (unpaired) electrons. The van der Waals surface area contributed by atoms with E-state index in [4.69, 9.17) is 27.9 Å². The van der Waals surface area contributed by atoms with Crippen LogP contribution in [0, 0.1) is 17.8 Å². The van der Waals surface area contributed by atoms with E-state index in [1.165, 1.54) is 64.0 Å². The van der Waals surface area contributed by atoms with Crippen molar-refractivity contribution in [3.8, 4) is 0 Å². The van der Waals surface area contributed by atoms with Crippen LogP contribution in [0.3, 0.4) is 0 Å². The Morgan fingerprint density at radius 2 is 1.62 bits per heavy atom. The third-order valence-corrected chi connectivity index (χ3v) is 6.73. The number of ether oxygens (including phenoxy) is 1. The van der Waals surface area contributed by atoms with Crippen LogP contribution < -0.4 is 0 Å². The van der Waals surface area contributed by atoms with Gasteiger partial charge in [-0.2, -0.15) is 0 Å². The first-order valence-corrected chi connectivity index (χ1v) is 10.9. The summed E-state index contributed by atoms with van der Waals surface area (Å²) in [5.74, 6) is 2.47. The molecule has 3 aliphatic rings. The number of likely N-dealkylation sites (tertiary alicyclic amines) is 2. The molecule has 2 saturated heterocycles. The van der Waals surface area contributed by atoms with Gasteiger partial charge in [0.2, 0.25) is 0 Å². The standard InChI is InChI=1S/C21H30Cl2N2O/c22-17-9-16(10-18(23)11-17)12-25-13-19-20(14-25)21(19)15-26-8-4-7-24-5-2-1-3-6-24/h9-11,19-21H,1-8,12-15H2/t19-,20+,21?. The summed E-state index contributed by atoms with van der Waals surface area (Å²) in [6.45, 7) is 9.03. The fraction of sp³-hybridized carbons (Fsp3) is 0.714. The van der Waals surface area contributed by atoms with Gasteiger partial charge in [-0.1, -0.05) is 29.6 Å². The molecule has 0 spiro atoms. The molecule has 1 unspecified atom stereocenters. The number of nitrogens with zero attached hydrogens (tertiary/aromatic N) is 2. The van der Waals surface area contributed by atoms with Crippen LogP contribution in [0.25, 0.3) is 0 Å². The molecule has 3 atom stereocenters. The SMILES string of the molecule is Clc1cc(Cl)cc(CN2C[C@@H]3C(COCCCN4CCCCC4)[C@@H]3C2)c1. The van der Waals surface area contributed by atoms with Crippen molar-refractivity contribution in [1.29, 1.82) is 0 Å². The van der Waals surface area contributed by atoms with Crippen molar-refractivity contribution in [1.82, 2.24) is 9.80 Å². The Hall–Kier alpha value is -0.320. The minimum absolute atomic E-state index is 0.729. The van der Waals surface area contributed by atoms with Gasteiger partial charge in [0, 0.05) is 42.8 Å². The number of halogens is 2. The average Bonchev–Trinajstić information content (AvgIpc) is 3.06. The van der Waals surface area contributed by atoms with E-state index in [1.807, 2.05) is 12.1 Å². The largest absolute Gasteiger partial charge is 0.381 e. The highest BCUT2D eigenvalue weighted by atomic mass is 35.5. The number of hydrogen-bond donors (Lipinski definition) is 0. The van der Waals surface area contributed by atoms with Gasteiger partial charge in [0.15, 0.2) is 0 Å². The van der Waals surface area contributed by atoms with Crippen molar-refractivity contribution in [2.24, 2.45) is 17.8 Å². The predicted molar refractivity (Wildman–Crippen MR) is 108 cm³/mol. The summed E-state index contributed by atoms with van der Waals surface area (Å²) in [6.07, 6.45) is 5.36. The predicted octanol–water partition coefficient (Wildman–Crippen LogP) is 4.56. The first-order chi connectivity index (χ1) is 12.7. The summed E-state index contributed by atoms with van der Waals surface area (Å²) in [4.78, 5) is 5.13. The van der Waals surface area contributed by atoms with Gasteiger partial charge in [0.25, 0.3) is 0 Å². The zero-order valence-corrected chi connectivity index (χ0v) is 17.0. The van der Waals surface area contributed by atoms with Crippen LogP contribution >= 0.6 is 23.2 Å². The molecule has 3 fully saturated rings. The molecule has 0 aromatic heterocycles. The van der Waals surface area contributed by atoms with Crippen LogP contribution in [0.1, 0.15) is 31.2 Å². The van der Waals surface area contributed by atoms with Gasteiger partial charge < -0.3 is 9.64 Å². The number of hydrogen-bond acceptors (Lipinski definition) is 3. The zero-order chi connectivity index (χ0) is 17.9. The normalized spacial score (nSPS) is 29.1. The molecule has 1 aromatic carbocycles. The van der Waals surface area contributed by atoms with Crippen molar-refractivity contribution in [2.45, 2.75) is 32.2 Å². The maximum absolute atomic E-state index is 6.11. The minimum atomic E-state index is 0.729. The summed E-state index contributed by atoms with van der Waals surface area (Å²) in [6, 6.07) is 5.85. The van der Waals surface area contributed by atoms with Crippen LogP contribution in [0.4, 0.5) is 0 Å². The van der Waals surface area contributed by atoms with Crippen LogP contribution in [0.5, 0.6) is 0 Å². The van der Waals surface area contributed by atoms with Crippen LogP contribution in [0.15, 0.2) is 18.2 Å². The second-order valence-electron chi connectivity index (χ2n) is 8.29. The Bertz CT molecular complexity index is 573. The fourth-order valence-corrected chi connectivity index (χ4v) is 5.44. The van der Waals surface area contributed by atoms with E-state index in [9.17, 15) is 0 Å². The van der Waals surface area contributed by atoms with Gasteiger partial charge in [-0.25, -0.2) is 0 Å². The smallest absolute Gasteiger partial charge is 0.0500 e. The van der Waals surface area contributed by atoms with E-state index in [2.05, 4.69) is 9.80 Å². The van der Waals surface area contributed by atoms with E-state index in [0.717, 1.165) is 47.6 Å². The number of benzene rings is 1. The van der Waals surface area contributed by atoms with E-state index < -0.39 is 0 Å². The van der Waals surface area contributed by atoms with Crippen molar-refractivity contribution in [3.05, 3.63) is 33.8 Å². The number of piperidine rings is 2. The van der Waals surface area contributed by atoms with Gasteiger partial charge >= 0.3 is 0 Å². The van der Waals surface area contributed by atoms with Crippen molar-refractivity contribution in [2.75, 3.05) is 45.9 Å². The van der Waals surface area contributed by atoms with Gasteiger partial charge in [-0.05, 0) is 73.9 Å². The second-order valence-corrected chi connectivity index (χ2v) is 9.17. The van der Waals surface area contributed by atoms with Crippen molar-refractivity contribution >= 4 is 23.2 Å². The molecule has 2 aliphatic heterocycles. The van der Waals surface area contributed by atoms with Crippen LogP contribution in [0.2, 0.25) is 10.0 Å². The van der Waals surface area contributed by atoms with Crippen LogP contribution in [-0.2, 0) is 11.3 Å². The lowest BCUT2D eigenvalue weighted by atomic mass is 10.1. The summed E-state index contributed by atoms with van der Waals surface area (Å²) in [5.41, 5.74) is 1.22. The molecule has 0 amide bonds. The molecule has 1 aromatic rings. The van der Waals surface area contributed by atoms with Gasteiger partial charge in [-0.15, -0.1) is 0 Å². The van der Waals surface area contributed by atoms with E-state index in [-0.39, 0.29) is 0 Å². The Morgan fingerprint density at radius 3 is 2.31 bits per heavy atom. The molecule has 144 valence electrons. The van der Waals surface area contributed by atoms with Gasteiger partial charge in [-0.3, -0.25) is 4.90 Å². The summed E-state index contributed by atoms with van der Waals surface area (Å²) in [7, 11) is 0. The lowest BCUT2D eigenvalue weighted by molar-refractivity contribution is 0.0967. The maximum Gasteiger partial charge on any atom is 0.0500 e. The molecule has 1 aliphatic carbocycles. The second kappa shape index (κ2) is 8.79. The van der Waals surface area contributed by atoms with Gasteiger partial charge in [0.05, 0.1) is 6.61 Å². The first-order valence-electron chi connectivity index (χ1n) is 10.2. The summed E-state index contributed by atoms with van der Waals surface area (Å²) in [5, 5.41) is 1.46. The third-order valence-electron chi connectivity index (χ3n) is 6.30. The van der Waals surface area contributed by atoms with Gasteiger partial charge in [0.1, 0.15) is 0 Å². The molecule has 0 N–H and O–H groups in total. The molecular weight excluding hydrogens is 367 g/mol. The third kappa shape index (κ3) is 4.94. The highest BCUT2D eigenvalue weighted by molar-refractivity contribution is 6.34. The van der Waals surface area contributed by atoms with Crippen molar-refractivity contribution in [3.63, 3.8) is 0 Å². The number of fused-ring (bicyclic) bond motifs is 1. The lowest BCUT2D eigenvalue weighted by Gasteiger charge is -2.26. The molecule has 1 saturated carbocycles. The summed E-state index contributed by atoms with van der Waals surface area (Å²) < 4.78 is 5.99. The molecule has 3 nitrogen and oxygen atoms in total. The molecule has 0 bridgehead atoms. The molecular formula is C21H30Cl2N2O. The highest BCUT2D eigenvalue weighted by Crippen LogP contribution is 2.52. The molecule has 5 heteroatoms. The Morgan fingerprint density at radius 1 is 0.923 bits per heavy atom. The quantitative estimate of drug-likeness (QED) is 0.598. The lowest BCUT2D eigenvalue weighted by Crippen LogP contribution is -2.31. The maximum atomic E-state index is 6.11. The average molecular weight is 397 g/mol. The van der Waals surface area contributed by atoms with E-state index in [0.29, 0.717) is 0 Å². The molecule has 2 heterocycles. The minimum Gasteiger partial charge on any atom is -0.381 e.